The Morgan fingerprint density at radius 1 is 1.60 bits per heavy atom. The minimum Gasteiger partial charge on any atom is -0.492 e. The highest BCUT2D eigenvalue weighted by molar-refractivity contribution is 5.56. The van der Waals surface area contributed by atoms with Gasteiger partial charge in [0.2, 0.25) is 0 Å². The summed E-state index contributed by atoms with van der Waals surface area (Å²) in [6.07, 6.45) is 0.785. The fraction of sp³-hybridized carbons (Fsp3) is 0.300. The van der Waals surface area contributed by atoms with Crippen molar-refractivity contribution in [2.24, 2.45) is 0 Å². The van der Waals surface area contributed by atoms with Gasteiger partial charge in [-0.2, -0.15) is 5.26 Å². The van der Waals surface area contributed by atoms with E-state index in [0.717, 1.165) is 6.42 Å². The summed E-state index contributed by atoms with van der Waals surface area (Å²) in [6, 6.07) is 6.14. The lowest BCUT2D eigenvalue weighted by Crippen LogP contribution is -2.00. The third-order valence-corrected chi connectivity index (χ3v) is 1.77. The van der Waals surface area contributed by atoms with Crippen molar-refractivity contribution < 1.29 is 9.66 Å². The molecular formula is C10H10N2O3. The lowest BCUT2D eigenvalue weighted by molar-refractivity contribution is -0.385. The van der Waals surface area contributed by atoms with Crippen LogP contribution in [0.4, 0.5) is 5.69 Å². The van der Waals surface area contributed by atoms with E-state index < -0.39 is 4.92 Å². The SMILES string of the molecule is CCCOc1cccc([N+](=O)[O-])c1C#N. The first kappa shape index (κ1) is 11.0. The second-order valence-electron chi connectivity index (χ2n) is 2.87. The van der Waals surface area contributed by atoms with Gasteiger partial charge in [-0.25, -0.2) is 0 Å². The molecule has 0 unspecified atom stereocenters. The van der Waals surface area contributed by atoms with E-state index in [4.69, 9.17) is 10.00 Å². The topological polar surface area (TPSA) is 76.2 Å². The molecule has 0 aliphatic carbocycles. The van der Waals surface area contributed by atoms with Gasteiger partial charge in [-0.05, 0) is 12.5 Å². The summed E-state index contributed by atoms with van der Waals surface area (Å²) in [4.78, 5) is 10.0. The molecule has 1 aromatic carbocycles. The van der Waals surface area contributed by atoms with Crippen molar-refractivity contribution in [1.82, 2.24) is 0 Å². The Bertz CT molecular complexity index is 410. The molecule has 15 heavy (non-hydrogen) atoms. The lowest BCUT2D eigenvalue weighted by Gasteiger charge is -2.05. The van der Waals surface area contributed by atoms with E-state index in [1.807, 2.05) is 6.92 Å². The van der Waals surface area contributed by atoms with E-state index in [1.165, 1.54) is 12.1 Å². The van der Waals surface area contributed by atoms with Gasteiger partial charge in [-0.3, -0.25) is 10.1 Å². The first-order valence-corrected chi connectivity index (χ1v) is 4.51. The summed E-state index contributed by atoms with van der Waals surface area (Å²) in [5.74, 6) is 0.272. The molecule has 0 aliphatic heterocycles. The number of rotatable bonds is 4. The molecule has 1 rings (SSSR count). The van der Waals surface area contributed by atoms with Gasteiger partial charge < -0.3 is 4.74 Å². The van der Waals surface area contributed by atoms with Gasteiger partial charge in [-0.1, -0.05) is 13.0 Å². The molecule has 78 valence electrons. The van der Waals surface area contributed by atoms with Crippen molar-refractivity contribution in [3.05, 3.63) is 33.9 Å². The van der Waals surface area contributed by atoms with Crippen LogP contribution in [0.1, 0.15) is 18.9 Å². The van der Waals surface area contributed by atoms with Crippen LogP contribution in [-0.2, 0) is 0 Å². The van der Waals surface area contributed by atoms with Crippen LogP contribution in [-0.4, -0.2) is 11.5 Å². The van der Waals surface area contributed by atoms with E-state index in [0.29, 0.717) is 6.61 Å². The Hall–Kier alpha value is -2.09. The number of nitro benzene ring substituents is 1. The maximum atomic E-state index is 10.6. The van der Waals surface area contributed by atoms with Crippen molar-refractivity contribution in [2.45, 2.75) is 13.3 Å². The number of nitrogens with zero attached hydrogens (tertiary/aromatic N) is 2. The number of ether oxygens (including phenoxy) is 1. The van der Waals surface area contributed by atoms with Crippen LogP contribution in [0, 0.1) is 21.4 Å². The number of hydrogen-bond acceptors (Lipinski definition) is 4. The molecule has 0 amide bonds. The fourth-order valence-corrected chi connectivity index (χ4v) is 1.12. The molecule has 0 saturated heterocycles. The second-order valence-corrected chi connectivity index (χ2v) is 2.87. The fourth-order valence-electron chi connectivity index (χ4n) is 1.12. The average Bonchev–Trinajstić information content (AvgIpc) is 2.25. The molecule has 0 aliphatic rings. The molecule has 0 atom stereocenters. The molecule has 0 spiro atoms. The molecule has 0 fully saturated rings. The highest BCUT2D eigenvalue weighted by Gasteiger charge is 2.17. The summed E-state index contributed by atoms with van der Waals surface area (Å²) in [7, 11) is 0. The predicted molar refractivity (Wildman–Crippen MR) is 53.6 cm³/mol. The quantitative estimate of drug-likeness (QED) is 0.559. The maximum absolute atomic E-state index is 10.6. The summed E-state index contributed by atoms with van der Waals surface area (Å²) < 4.78 is 5.24. The van der Waals surface area contributed by atoms with E-state index in [9.17, 15) is 10.1 Å². The zero-order chi connectivity index (χ0) is 11.3. The number of nitro groups is 1. The molecule has 0 aromatic heterocycles. The van der Waals surface area contributed by atoms with Crippen molar-refractivity contribution in [3.63, 3.8) is 0 Å². The monoisotopic (exact) mass is 206 g/mol. The Morgan fingerprint density at radius 2 is 2.33 bits per heavy atom. The van der Waals surface area contributed by atoms with E-state index >= 15 is 0 Å². The van der Waals surface area contributed by atoms with Gasteiger partial charge in [0.05, 0.1) is 11.5 Å². The van der Waals surface area contributed by atoms with Crippen molar-refractivity contribution in [2.75, 3.05) is 6.61 Å². The zero-order valence-electron chi connectivity index (χ0n) is 8.27. The Balaban J connectivity index is 3.12. The van der Waals surface area contributed by atoms with Gasteiger partial charge in [0.25, 0.3) is 5.69 Å². The highest BCUT2D eigenvalue weighted by Crippen LogP contribution is 2.27. The number of nitriles is 1. The van der Waals surface area contributed by atoms with Crippen molar-refractivity contribution >= 4 is 5.69 Å². The Labute approximate surface area is 87.1 Å². The third-order valence-electron chi connectivity index (χ3n) is 1.77. The predicted octanol–water partition coefficient (Wildman–Crippen LogP) is 2.26. The van der Waals surface area contributed by atoms with Crippen molar-refractivity contribution in [3.8, 4) is 11.8 Å². The number of benzene rings is 1. The van der Waals surface area contributed by atoms with Crippen LogP contribution in [0.5, 0.6) is 5.75 Å². The molecule has 1 aromatic rings. The summed E-state index contributed by atoms with van der Waals surface area (Å²) in [5.41, 5.74) is -0.234. The van der Waals surface area contributed by atoms with Gasteiger partial charge >= 0.3 is 0 Å². The molecule has 5 nitrogen and oxygen atoms in total. The molecule has 5 heteroatoms. The van der Waals surface area contributed by atoms with Gasteiger partial charge in [0.1, 0.15) is 11.8 Å². The summed E-state index contributed by atoms with van der Waals surface area (Å²) in [5, 5.41) is 19.4. The third kappa shape index (κ3) is 2.44. The summed E-state index contributed by atoms with van der Waals surface area (Å²) in [6.45, 7) is 2.36. The lowest BCUT2D eigenvalue weighted by atomic mass is 10.2. The van der Waals surface area contributed by atoms with Crippen LogP contribution in [0.25, 0.3) is 0 Å². The molecule has 0 saturated carbocycles. The minimum atomic E-state index is -0.586. The molecule has 0 bridgehead atoms. The molecule has 0 radical (unpaired) electrons. The van der Waals surface area contributed by atoms with Crippen LogP contribution in [0.3, 0.4) is 0 Å². The normalized spacial score (nSPS) is 9.33. The first-order chi connectivity index (χ1) is 7.20. The zero-order valence-corrected chi connectivity index (χ0v) is 8.27. The highest BCUT2D eigenvalue weighted by atomic mass is 16.6. The average molecular weight is 206 g/mol. The second kappa shape index (κ2) is 4.96. The van der Waals surface area contributed by atoms with Gasteiger partial charge in [-0.15, -0.1) is 0 Å². The number of hydrogen-bond donors (Lipinski definition) is 0. The largest absolute Gasteiger partial charge is 0.492 e. The molecule has 0 heterocycles. The van der Waals surface area contributed by atoms with Gasteiger partial charge in [0.15, 0.2) is 5.56 Å². The van der Waals surface area contributed by atoms with Crippen LogP contribution < -0.4 is 4.74 Å². The standard InChI is InChI=1S/C10H10N2O3/c1-2-6-15-10-5-3-4-9(12(13)14)8(10)7-11/h3-5H,2,6H2,1H3. The summed E-state index contributed by atoms with van der Waals surface area (Å²) >= 11 is 0. The Kier molecular flexibility index (Phi) is 3.63. The first-order valence-electron chi connectivity index (χ1n) is 4.51. The van der Waals surface area contributed by atoms with E-state index in [2.05, 4.69) is 0 Å². The molecular weight excluding hydrogens is 196 g/mol. The van der Waals surface area contributed by atoms with Crippen LogP contribution >= 0.6 is 0 Å². The van der Waals surface area contributed by atoms with Crippen molar-refractivity contribution in [1.29, 1.82) is 5.26 Å². The van der Waals surface area contributed by atoms with Crippen LogP contribution in [0.2, 0.25) is 0 Å². The smallest absolute Gasteiger partial charge is 0.290 e. The Morgan fingerprint density at radius 3 is 2.87 bits per heavy atom. The van der Waals surface area contributed by atoms with Crippen LogP contribution in [0.15, 0.2) is 18.2 Å². The minimum absolute atomic E-state index is 0.0176. The van der Waals surface area contributed by atoms with E-state index in [1.54, 1.807) is 12.1 Å². The molecule has 0 N–H and O–H groups in total. The van der Waals surface area contributed by atoms with E-state index in [-0.39, 0.29) is 17.0 Å². The maximum Gasteiger partial charge on any atom is 0.290 e. The van der Waals surface area contributed by atoms with Gasteiger partial charge in [0, 0.05) is 6.07 Å².